The molecule has 1 fully saturated rings. The van der Waals surface area contributed by atoms with E-state index in [-0.39, 0.29) is 0 Å². The maximum absolute atomic E-state index is 6.26. The summed E-state index contributed by atoms with van der Waals surface area (Å²) in [6.45, 7) is 3.14. The number of fused-ring (bicyclic) bond motifs is 1. The number of nitrogens with one attached hydrogen (secondary N) is 1. The molecule has 3 rings (SSSR count). The fraction of sp³-hybridized carbons (Fsp3) is 0.600. The first-order chi connectivity index (χ1) is 9.76. The molecule has 2 aromatic rings. The Bertz CT molecular complexity index is 584. The summed E-state index contributed by atoms with van der Waals surface area (Å²) in [4.78, 5) is 11.2. The predicted molar refractivity (Wildman–Crippen MR) is 86.9 cm³/mol. The lowest BCUT2D eigenvalue weighted by atomic mass is 9.89. The van der Waals surface area contributed by atoms with Gasteiger partial charge >= 0.3 is 0 Å². The van der Waals surface area contributed by atoms with Crippen LogP contribution in [0.25, 0.3) is 10.2 Å². The summed E-state index contributed by atoms with van der Waals surface area (Å²) in [5.41, 5.74) is 0. The Balaban J connectivity index is 1.72. The molecule has 1 aliphatic carbocycles. The first-order valence-electron chi connectivity index (χ1n) is 7.37. The largest absolute Gasteiger partial charge is 0.369 e. The monoisotopic (exact) mass is 309 g/mol. The lowest BCUT2D eigenvalue weighted by Crippen LogP contribution is -2.22. The van der Waals surface area contributed by atoms with Gasteiger partial charge in [-0.25, -0.2) is 9.97 Å². The molecule has 20 heavy (non-hydrogen) atoms. The van der Waals surface area contributed by atoms with Crippen molar-refractivity contribution in [2.45, 2.75) is 44.4 Å². The SMILES string of the molecule is CCc1cc2c(NCC3CCCC(Cl)C3)ncnc2s1. The fourth-order valence-electron chi connectivity index (χ4n) is 2.87. The summed E-state index contributed by atoms with van der Waals surface area (Å²) in [6, 6.07) is 2.22. The van der Waals surface area contributed by atoms with Gasteiger partial charge in [0.05, 0.1) is 5.39 Å². The molecule has 0 aromatic carbocycles. The molecule has 0 amide bonds. The van der Waals surface area contributed by atoms with Crippen LogP contribution in [0.2, 0.25) is 0 Å². The van der Waals surface area contributed by atoms with Crippen molar-refractivity contribution >= 4 is 39.0 Å². The molecule has 5 heteroatoms. The third-order valence-corrected chi connectivity index (χ3v) is 5.59. The standard InChI is InChI=1S/C15H20ClN3S/c1-2-12-7-13-14(18-9-19-15(13)20-12)17-8-10-4-3-5-11(16)6-10/h7,9-11H,2-6,8H2,1H3,(H,17,18,19). The number of rotatable bonds is 4. The summed E-state index contributed by atoms with van der Waals surface area (Å²) in [7, 11) is 0. The quantitative estimate of drug-likeness (QED) is 0.847. The molecule has 0 saturated heterocycles. The van der Waals surface area contributed by atoms with Crippen molar-refractivity contribution in [3.63, 3.8) is 0 Å². The Kier molecular flexibility index (Phi) is 4.41. The number of aryl methyl sites for hydroxylation is 1. The maximum atomic E-state index is 6.26. The average Bonchev–Trinajstić information content (AvgIpc) is 2.89. The van der Waals surface area contributed by atoms with E-state index in [0.29, 0.717) is 11.3 Å². The van der Waals surface area contributed by atoms with Crippen molar-refractivity contribution in [1.29, 1.82) is 0 Å². The summed E-state index contributed by atoms with van der Waals surface area (Å²) >= 11 is 8.02. The molecule has 0 bridgehead atoms. The molecular weight excluding hydrogens is 290 g/mol. The van der Waals surface area contributed by atoms with E-state index in [4.69, 9.17) is 11.6 Å². The van der Waals surface area contributed by atoms with E-state index in [1.54, 1.807) is 17.7 Å². The molecule has 1 aliphatic rings. The van der Waals surface area contributed by atoms with Crippen molar-refractivity contribution in [1.82, 2.24) is 9.97 Å². The summed E-state index contributed by atoms with van der Waals surface area (Å²) in [5, 5.41) is 5.03. The van der Waals surface area contributed by atoms with Crippen LogP contribution in [0, 0.1) is 5.92 Å². The van der Waals surface area contributed by atoms with Gasteiger partial charge in [-0.1, -0.05) is 13.3 Å². The molecule has 0 aliphatic heterocycles. The molecule has 2 aromatic heterocycles. The van der Waals surface area contributed by atoms with E-state index in [9.17, 15) is 0 Å². The van der Waals surface area contributed by atoms with Gasteiger partial charge in [-0.05, 0) is 37.7 Å². The van der Waals surface area contributed by atoms with E-state index in [1.165, 1.54) is 24.1 Å². The molecule has 0 spiro atoms. The molecule has 2 atom stereocenters. The van der Waals surface area contributed by atoms with Crippen LogP contribution < -0.4 is 5.32 Å². The number of thiophene rings is 1. The van der Waals surface area contributed by atoms with E-state index in [0.717, 1.165) is 35.4 Å². The van der Waals surface area contributed by atoms with Crippen LogP contribution in [0.15, 0.2) is 12.4 Å². The molecule has 1 saturated carbocycles. The molecular formula is C15H20ClN3S. The number of alkyl halides is 1. The van der Waals surface area contributed by atoms with Gasteiger partial charge in [0.1, 0.15) is 17.0 Å². The number of aromatic nitrogens is 2. The number of nitrogens with zero attached hydrogens (tertiary/aromatic N) is 2. The highest BCUT2D eigenvalue weighted by molar-refractivity contribution is 7.18. The van der Waals surface area contributed by atoms with Crippen LogP contribution in [0.1, 0.15) is 37.5 Å². The Hall–Kier alpha value is -0.870. The third-order valence-electron chi connectivity index (χ3n) is 4.01. The fourth-order valence-corrected chi connectivity index (χ4v) is 4.21. The normalized spacial score (nSPS) is 23.1. The first kappa shape index (κ1) is 14.1. The van der Waals surface area contributed by atoms with Gasteiger partial charge in [0.25, 0.3) is 0 Å². The summed E-state index contributed by atoms with van der Waals surface area (Å²) in [5.74, 6) is 1.64. The second-order valence-corrected chi connectivity index (χ2v) is 7.25. The highest BCUT2D eigenvalue weighted by atomic mass is 35.5. The van der Waals surface area contributed by atoms with Gasteiger partial charge in [0.2, 0.25) is 0 Å². The Morgan fingerprint density at radius 2 is 2.30 bits per heavy atom. The van der Waals surface area contributed by atoms with E-state index in [1.807, 2.05) is 0 Å². The van der Waals surface area contributed by atoms with Crippen LogP contribution in [0.5, 0.6) is 0 Å². The van der Waals surface area contributed by atoms with E-state index < -0.39 is 0 Å². The van der Waals surface area contributed by atoms with Crippen LogP contribution in [0.4, 0.5) is 5.82 Å². The minimum absolute atomic E-state index is 0.355. The summed E-state index contributed by atoms with van der Waals surface area (Å²) < 4.78 is 0. The van der Waals surface area contributed by atoms with Crippen molar-refractivity contribution in [3.05, 3.63) is 17.3 Å². The van der Waals surface area contributed by atoms with Crippen molar-refractivity contribution < 1.29 is 0 Å². The molecule has 108 valence electrons. The van der Waals surface area contributed by atoms with E-state index in [2.05, 4.69) is 28.3 Å². The maximum Gasteiger partial charge on any atom is 0.138 e. The highest BCUT2D eigenvalue weighted by Gasteiger charge is 2.20. The molecule has 0 radical (unpaired) electrons. The first-order valence-corrected chi connectivity index (χ1v) is 8.63. The minimum Gasteiger partial charge on any atom is -0.369 e. The zero-order chi connectivity index (χ0) is 13.9. The van der Waals surface area contributed by atoms with Gasteiger partial charge in [-0.3, -0.25) is 0 Å². The second-order valence-electron chi connectivity index (χ2n) is 5.52. The Morgan fingerprint density at radius 1 is 1.40 bits per heavy atom. The van der Waals surface area contributed by atoms with Gasteiger partial charge in [-0.15, -0.1) is 22.9 Å². The van der Waals surface area contributed by atoms with Crippen molar-refractivity contribution in [2.24, 2.45) is 5.92 Å². The van der Waals surface area contributed by atoms with Gasteiger partial charge < -0.3 is 5.32 Å². The van der Waals surface area contributed by atoms with Crippen molar-refractivity contribution in [2.75, 3.05) is 11.9 Å². The van der Waals surface area contributed by atoms with Gasteiger partial charge in [0.15, 0.2) is 0 Å². The zero-order valence-corrected chi connectivity index (χ0v) is 13.3. The predicted octanol–water partition coefficient (Wildman–Crippen LogP) is 4.46. The zero-order valence-electron chi connectivity index (χ0n) is 11.7. The Labute approximate surface area is 128 Å². The second kappa shape index (κ2) is 6.27. The van der Waals surface area contributed by atoms with Gasteiger partial charge in [0, 0.05) is 16.8 Å². The molecule has 2 unspecified atom stereocenters. The van der Waals surface area contributed by atoms with Crippen LogP contribution in [0.3, 0.4) is 0 Å². The van der Waals surface area contributed by atoms with E-state index >= 15 is 0 Å². The van der Waals surface area contributed by atoms with Crippen LogP contribution >= 0.6 is 22.9 Å². The average molecular weight is 310 g/mol. The van der Waals surface area contributed by atoms with Crippen LogP contribution in [-0.2, 0) is 6.42 Å². The minimum atomic E-state index is 0.355. The Morgan fingerprint density at radius 3 is 3.10 bits per heavy atom. The molecule has 3 nitrogen and oxygen atoms in total. The third kappa shape index (κ3) is 3.07. The molecule has 2 heterocycles. The topological polar surface area (TPSA) is 37.8 Å². The molecule has 1 N–H and O–H groups in total. The number of anilines is 1. The van der Waals surface area contributed by atoms with Crippen LogP contribution in [-0.4, -0.2) is 21.9 Å². The lowest BCUT2D eigenvalue weighted by Gasteiger charge is -2.25. The number of hydrogen-bond donors (Lipinski definition) is 1. The van der Waals surface area contributed by atoms with Gasteiger partial charge in [-0.2, -0.15) is 0 Å². The van der Waals surface area contributed by atoms with Crippen molar-refractivity contribution in [3.8, 4) is 0 Å². The smallest absolute Gasteiger partial charge is 0.138 e. The lowest BCUT2D eigenvalue weighted by molar-refractivity contribution is 0.378. The highest BCUT2D eigenvalue weighted by Crippen LogP contribution is 2.30. The number of hydrogen-bond acceptors (Lipinski definition) is 4. The number of halogens is 1. The summed E-state index contributed by atoms with van der Waals surface area (Å²) in [6.07, 6.45) is 7.52.